The van der Waals surface area contributed by atoms with Crippen molar-refractivity contribution >= 4 is 5.97 Å². The number of carbonyl (C=O) groups is 1. The summed E-state index contributed by atoms with van der Waals surface area (Å²) in [6.07, 6.45) is -4.90. The number of aryl methyl sites for hydroxylation is 2. The van der Waals surface area contributed by atoms with E-state index in [2.05, 4.69) is 9.72 Å². The van der Waals surface area contributed by atoms with Crippen LogP contribution >= 0.6 is 0 Å². The lowest BCUT2D eigenvalue weighted by molar-refractivity contribution is -0.139. The van der Waals surface area contributed by atoms with Gasteiger partial charge in [-0.3, -0.25) is 4.98 Å². The van der Waals surface area contributed by atoms with E-state index in [0.717, 1.165) is 13.2 Å². The number of hydrogen-bond donors (Lipinski definition) is 0. The summed E-state index contributed by atoms with van der Waals surface area (Å²) in [6, 6.07) is 2.92. The van der Waals surface area contributed by atoms with Gasteiger partial charge in [0.2, 0.25) is 0 Å². The summed E-state index contributed by atoms with van der Waals surface area (Å²) in [5.74, 6) is -2.50. The minimum atomic E-state index is -4.90. The lowest BCUT2D eigenvalue weighted by Gasteiger charge is -2.18. The van der Waals surface area contributed by atoms with Gasteiger partial charge in [-0.25, -0.2) is 9.18 Å². The first kappa shape index (κ1) is 18.7. The van der Waals surface area contributed by atoms with Crippen molar-refractivity contribution in [3.8, 4) is 16.9 Å². The number of rotatable bonds is 3. The first-order chi connectivity index (χ1) is 11.6. The molecule has 25 heavy (non-hydrogen) atoms. The Balaban J connectivity index is 2.93. The van der Waals surface area contributed by atoms with Crippen LogP contribution in [0.1, 0.15) is 27.3 Å². The monoisotopic (exact) mass is 357 g/mol. The number of aromatic nitrogens is 1. The fraction of sp³-hybridized carbons (Fsp3) is 0.294. The molecule has 2 aromatic rings. The summed E-state index contributed by atoms with van der Waals surface area (Å²) in [5.41, 5.74) is -1.50. The first-order valence-corrected chi connectivity index (χ1v) is 7.12. The van der Waals surface area contributed by atoms with E-state index in [0.29, 0.717) is 11.8 Å². The zero-order chi connectivity index (χ0) is 18.9. The number of nitrogens with zero attached hydrogens (tertiary/aromatic N) is 1. The molecule has 0 N–H and O–H groups in total. The molecule has 0 saturated carbocycles. The average Bonchev–Trinajstić information content (AvgIpc) is 2.51. The third-order valence-electron chi connectivity index (χ3n) is 3.62. The van der Waals surface area contributed by atoms with E-state index in [-0.39, 0.29) is 22.6 Å². The highest BCUT2D eigenvalue weighted by Crippen LogP contribution is 2.42. The van der Waals surface area contributed by atoms with Crippen LogP contribution in [0.3, 0.4) is 0 Å². The SMILES string of the molecule is COC(=O)c1c(-c2c(OC)ccc(C(F)(F)F)c2F)cc(C)nc1C. The lowest BCUT2D eigenvalue weighted by atomic mass is 9.95. The highest BCUT2D eigenvalue weighted by atomic mass is 19.4. The Labute approximate surface area is 141 Å². The predicted octanol–water partition coefficient (Wildman–Crippen LogP) is 4.32. The van der Waals surface area contributed by atoms with Crippen LogP contribution in [0.15, 0.2) is 18.2 Å². The summed E-state index contributed by atoms with van der Waals surface area (Å²) in [5, 5.41) is 0. The fourth-order valence-corrected chi connectivity index (χ4v) is 2.58. The normalized spacial score (nSPS) is 11.4. The van der Waals surface area contributed by atoms with Crippen LogP contribution in [0, 0.1) is 19.7 Å². The number of halogens is 4. The van der Waals surface area contributed by atoms with E-state index in [9.17, 15) is 22.4 Å². The maximum absolute atomic E-state index is 14.7. The number of carbonyl (C=O) groups excluding carboxylic acids is 1. The van der Waals surface area contributed by atoms with Gasteiger partial charge in [-0.05, 0) is 32.0 Å². The molecule has 1 aromatic carbocycles. The first-order valence-electron chi connectivity index (χ1n) is 7.12. The van der Waals surface area contributed by atoms with Gasteiger partial charge in [0, 0.05) is 11.3 Å². The Bertz CT molecular complexity index is 832. The second kappa shape index (κ2) is 6.70. The number of methoxy groups -OCH3 is 2. The van der Waals surface area contributed by atoms with Crippen molar-refractivity contribution in [1.29, 1.82) is 0 Å². The van der Waals surface area contributed by atoms with Gasteiger partial charge >= 0.3 is 12.1 Å². The molecular formula is C17H15F4NO3. The molecule has 1 heterocycles. The van der Waals surface area contributed by atoms with Crippen LogP contribution in [-0.2, 0) is 10.9 Å². The van der Waals surface area contributed by atoms with Crippen molar-refractivity contribution in [3.63, 3.8) is 0 Å². The summed E-state index contributed by atoms with van der Waals surface area (Å²) in [6.45, 7) is 3.07. The van der Waals surface area contributed by atoms with Crippen LogP contribution in [0.4, 0.5) is 17.6 Å². The van der Waals surface area contributed by atoms with E-state index < -0.39 is 29.1 Å². The Morgan fingerprint density at radius 3 is 2.32 bits per heavy atom. The highest BCUT2D eigenvalue weighted by molar-refractivity contribution is 5.99. The molecular weight excluding hydrogens is 342 g/mol. The van der Waals surface area contributed by atoms with Crippen molar-refractivity contribution in [1.82, 2.24) is 4.98 Å². The fourth-order valence-electron chi connectivity index (χ4n) is 2.58. The van der Waals surface area contributed by atoms with Gasteiger partial charge in [-0.1, -0.05) is 0 Å². The summed E-state index contributed by atoms with van der Waals surface area (Å²) < 4.78 is 63.7. The van der Waals surface area contributed by atoms with Crippen LogP contribution in [0.5, 0.6) is 5.75 Å². The van der Waals surface area contributed by atoms with Crippen molar-refractivity contribution in [3.05, 3.63) is 46.5 Å². The molecule has 0 bridgehead atoms. The Morgan fingerprint density at radius 2 is 1.80 bits per heavy atom. The van der Waals surface area contributed by atoms with E-state index in [4.69, 9.17) is 4.74 Å². The number of hydrogen-bond acceptors (Lipinski definition) is 4. The molecule has 1 aromatic heterocycles. The molecule has 0 aliphatic rings. The molecule has 0 radical (unpaired) electrons. The molecule has 0 aliphatic heterocycles. The Morgan fingerprint density at radius 1 is 1.16 bits per heavy atom. The molecule has 8 heteroatoms. The average molecular weight is 357 g/mol. The van der Waals surface area contributed by atoms with Crippen LogP contribution in [0.2, 0.25) is 0 Å². The standard InChI is InChI=1S/C17H15F4NO3/c1-8-7-10(13(9(2)22-8)16(23)25-4)14-12(24-3)6-5-11(15(14)18)17(19,20)21/h5-7H,1-4H3. The van der Waals surface area contributed by atoms with Gasteiger partial charge < -0.3 is 9.47 Å². The van der Waals surface area contributed by atoms with Gasteiger partial charge in [0.1, 0.15) is 11.6 Å². The topological polar surface area (TPSA) is 48.4 Å². The van der Waals surface area contributed by atoms with E-state index in [1.54, 1.807) is 6.92 Å². The van der Waals surface area contributed by atoms with Crippen molar-refractivity contribution in [2.24, 2.45) is 0 Å². The molecule has 0 saturated heterocycles. The largest absolute Gasteiger partial charge is 0.496 e. The molecule has 2 rings (SSSR count). The number of ether oxygens (including phenoxy) is 2. The maximum Gasteiger partial charge on any atom is 0.419 e. The Hall–Kier alpha value is -2.64. The predicted molar refractivity (Wildman–Crippen MR) is 82.0 cm³/mol. The Kier molecular flexibility index (Phi) is 5.01. The minimum Gasteiger partial charge on any atom is -0.496 e. The third-order valence-corrected chi connectivity index (χ3v) is 3.62. The molecule has 4 nitrogen and oxygen atoms in total. The molecule has 0 fully saturated rings. The number of pyridine rings is 1. The van der Waals surface area contributed by atoms with E-state index in [1.807, 2.05) is 0 Å². The van der Waals surface area contributed by atoms with Gasteiger partial charge in [0.15, 0.2) is 0 Å². The second-order valence-electron chi connectivity index (χ2n) is 5.27. The van der Waals surface area contributed by atoms with Gasteiger partial charge in [0.25, 0.3) is 0 Å². The summed E-state index contributed by atoms with van der Waals surface area (Å²) >= 11 is 0. The molecule has 0 amide bonds. The molecule has 0 spiro atoms. The highest BCUT2D eigenvalue weighted by Gasteiger charge is 2.37. The maximum atomic E-state index is 14.7. The van der Waals surface area contributed by atoms with Crippen molar-refractivity contribution < 1.29 is 31.8 Å². The van der Waals surface area contributed by atoms with Crippen molar-refractivity contribution in [2.45, 2.75) is 20.0 Å². The zero-order valence-corrected chi connectivity index (χ0v) is 13.9. The minimum absolute atomic E-state index is 0.0719. The van der Waals surface area contributed by atoms with Crippen LogP contribution in [-0.4, -0.2) is 25.2 Å². The zero-order valence-electron chi connectivity index (χ0n) is 13.9. The van der Waals surface area contributed by atoms with Crippen LogP contribution < -0.4 is 4.74 Å². The molecule has 0 aliphatic carbocycles. The van der Waals surface area contributed by atoms with E-state index >= 15 is 0 Å². The quantitative estimate of drug-likeness (QED) is 0.606. The third kappa shape index (κ3) is 3.42. The van der Waals surface area contributed by atoms with Gasteiger partial charge in [0.05, 0.1) is 36.6 Å². The van der Waals surface area contributed by atoms with E-state index in [1.165, 1.54) is 20.1 Å². The van der Waals surface area contributed by atoms with Crippen LogP contribution in [0.25, 0.3) is 11.1 Å². The smallest absolute Gasteiger partial charge is 0.419 e. The number of alkyl halides is 3. The van der Waals surface area contributed by atoms with Gasteiger partial charge in [-0.15, -0.1) is 0 Å². The number of benzene rings is 1. The van der Waals surface area contributed by atoms with Gasteiger partial charge in [-0.2, -0.15) is 13.2 Å². The molecule has 0 unspecified atom stereocenters. The molecule has 134 valence electrons. The second-order valence-corrected chi connectivity index (χ2v) is 5.27. The van der Waals surface area contributed by atoms with Crippen molar-refractivity contribution in [2.75, 3.05) is 14.2 Å². The molecule has 0 atom stereocenters. The number of esters is 1. The summed E-state index contributed by atoms with van der Waals surface area (Å²) in [4.78, 5) is 16.2. The lowest BCUT2D eigenvalue weighted by Crippen LogP contribution is -2.13. The summed E-state index contributed by atoms with van der Waals surface area (Å²) in [7, 11) is 2.31.